The number of β-amino-alcohol motifs (C(OH)–C–C–N with tert-alkyl or cyclic N) is 1. The smallest absolute Gasteiger partial charge is 0.325 e. The number of likely N-dealkylation sites (tertiary alicyclic amines) is 1. The van der Waals surface area contributed by atoms with Crippen LogP contribution in [0.1, 0.15) is 36.1 Å². The van der Waals surface area contributed by atoms with Crippen molar-refractivity contribution in [2.75, 3.05) is 13.1 Å². The molecule has 7 nitrogen and oxygen atoms in total. The van der Waals surface area contributed by atoms with Gasteiger partial charge in [0.15, 0.2) is 0 Å². The second-order valence-electron chi connectivity index (χ2n) is 8.32. The number of nitrogens with one attached hydrogen (secondary N) is 1. The quantitative estimate of drug-likeness (QED) is 0.736. The lowest BCUT2D eigenvalue weighted by Crippen LogP contribution is -2.44. The minimum absolute atomic E-state index is 0.0831. The maximum atomic E-state index is 13.3. The number of aliphatic hydroxyl groups is 1. The van der Waals surface area contributed by atoms with Gasteiger partial charge in [0.1, 0.15) is 17.9 Å². The van der Waals surface area contributed by atoms with E-state index in [0.29, 0.717) is 17.5 Å². The number of carbonyl (C=O) groups excluding carboxylic acids is 3. The van der Waals surface area contributed by atoms with Crippen LogP contribution in [0.3, 0.4) is 0 Å². The average molecular weight is 425 g/mol. The molecule has 2 aliphatic rings. The summed E-state index contributed by atoms with van der Waals surface area (Å²) >= 11 is 0. The van der Waals surface area contributed by atoms with E-state index in [1.807, 2.05) is 19.1 Å². The molecule has 2 heterocycles. The summed E-state index contributed by atoms with van der Waals surface area (Å²) in [6.07, 6.45) is -0.432. The predicted octanol–water partition coefficient (Wildman–Crippen LogP) is 2.24. The topological polar surface area (TPSA) is 90.0 Å². The number of nitrogens with zero attached hydrogens (tertiary/aromatic N) is 2. The first-order valence-corrected chi connectivity index (χ1v) is 10.1. The number of hydrogen-bond acceptors (Lipinski definition) is 4. The predicted molar refractivity (Wildman–Crippen MR) is 110 cm³/mol. The van der Waals surface area contributed by atoms with E-state index in [9.17, 15) is 23.9 Å². The summed E-state index contributed by atoms with van der Waals surface area (Å²) in [5.41, 5.74) is 1.09. The van der Waals surface area contributed by atoms with E-state index in [2.05, 4.69) is 5.32 Å². The third-order valence-corrected chi connectivity index (χ3v) is 6.05. The van der Waals surface area contributed by atoms with Crippen LogP contribution in [0.4, 0.5) is 9.18 Å². The first-order valence-electron chi connectivity index (χ1n) is 10.1. The van der Waals surface area contributed by atoms with Gasteiger partial charge in [-0.2, -0.15) is 0 Å². The number of halogens is 1. The Balaban J connectivity index is 1.53. The van der Waals surface area contributed by atoms with Crippen molar-refractivity contribution in [3.8, 4) is 0 Å². The van der Waals surface area contributed by atoms with Crippen molar-refractivity contribution in [1.29, 1.82) is 0 Å². The Bertz CT molecular complexity index is 1020. The van der Waals surface area contributed by atoms with Gasteiger partial charge in [0.05, 0.1) is 12.1 Å². The van der Waals surface area contributed by atoms with Crippen molar-refractivity contribution in [2.45, 2.75) is 38.0 Å². The number of aryl methyl sites for hydroxylation is 1. The molecule has 4 amide bonds. The standard InChI is InChI=1S/C23H24FN3O4/c1-14-3-7-16(8-4-14)23(2)21(30)27(22(31)25-23)13-20(29)26-12-18(28)11-19(26)15-5-9-17(24)10-6-15/h3-10,18-19,28H,11-13H2,1-2H3,(H,25,31). The second kappa shape index (κ2) is 7.77. The molecule has 8 heteroatoms. The fraction of sp³-hybridized carbons (Fsp3) is 0.348. The minimum Gasteiger partial charge on any atom is -0.391 e. The molecule has 0 spiro atoms. The third-order valence-electron chi connectivity index (χ3n) is 6.05. The van der Waals surface area contributed by atoms with E-state index in [1.54, 1.807) is 31.2 Å². The van der Waals surface area contributed by atoms with Crippen molar-refractivity contribution in [2.24, 2.45) is 0 Å². The van der Waals surface area contributed by atoms with E-state index in [4.69, 9.17) is 0 Å². The Morgan fingerprint density at radius 2 is 1.81 bits per heavy atom. The van der Waals surface area contributed by atoms with E-state index in [-0.39, 0.29) is 6.54 Å². The normalized spacial score (nSPS) is 25.8. The average Bonchev–Trinajstić information content (AvgIpc) is 3.22. The number of urea groups is 1. The van der Waals surface area contributed by atoms with E-state index >= 15 is 0 Å². The van der Waals surface area contributed by atoms with E-state index in [1.165, 1.54) is 17.0 Å². The second-order valence-corrected chi connectivity index (χ2v) is 8.32. The monoisotopic (exact) mass is 425 g/mol. The van der Waals surface area contributed by atoms with Crippen molar-refractivity contribution in [3.63, 3.8) is 0 Å². The van der Waals surface area contributed by atoms with Gasteiger partial charge >= 0.3 is 6.03 Å². The molecule has 2 aromatic carbocycles. The minimum atomic E-state index is -1.26. The number of amides is 4. The Morgan fingerprint density at radius 1 is 1.16 bits per heavy atom. The first-order chi connectivity index (χ1) is 14.7. The summed E-state index contributed by atoms with van der Waals surface area (Å²) in [5, 5.41) is 12.8. The van der Waals surface area contributed by atoms with E-state index < -0.39 is 47.9 Å². The lowest BCUT2D eigenvalue weighted by Gasteiger charge is -2.27. The van der Waals surface area contributed by atoms with Crippen LogP contribution in [0.5, 0.6) is 0 Å². The number of aliphatic hydroxyl groups excluding tert-OH is 1. The SMILES string of the molecule is Cc1ccc(C2(C)NC(=O)N(CC(=O)N3CC(O)CC3c3ccc(F)cc3)C2=O)cc1. The molecule has 31 heavy (non-hydrogen) atoms. The fourth-order valence-corrected chi connectivity index (χ4v) is 4.24. The van der Waals surface area contributed by atoms with Gasteiger partial charge in [-0.1, -0.05) is 42.0 Å². The molecule has 0 radical (unpaired) electrons. The molecular weight excluding hydrogens is 401 g/mol. The Hall–Kier alpha value is -3.26. The molecule has 0 saturated carbocycles. The number of rotatable bonds is 4. The van der Waals surface area contributed by atoms with Crippen LogP contribution < -0.4 is 5.32 Å². The van der Waals surface area contributed by atoms with Crippen LogP contribution in [0, 0.1) is 12.7 Å². The lowest BCUT2D eigenvalue weighted by molar-refractivity contribution is -0.139. The van der Waals surface area contributed by atoms with Crippen molar-refractivity contribution < 1.29 is 23.9 Å². The molecule has 0 bridgehead atoms. The van der Waals surface area contributed by atoms with Gasteiger partial charge in [0.2, 0.25) is 5.91 Å². The van der Waals surface area contributed by atoms with Crippen LogP contribution in [0.2, 0.25) is 0 Å². The van der Waals surface area contributed by atoms with Crippen LogP contribution in [0.25, 0.3) is 0 Å². The molecule has 0 aliphatic carbocycles. The fourth-order valence-electron chi connectivity index (χ4n) is 4.24. The van der Waals surface area contributed by atoms with Crippen molar-refractivity contribution in [1.82, 2.24) is 15.1 Å². The largest absolute Gasteiger partial charge is 0.391 e. The highest BCUT2D eigenvalue weighted by molar-refractivity contribution is 6.09. The summed E-state index contributed by atoms with van der Waals surface area (Å²) in [4.78, 5) is 41.1. The maximum Gasteiger partial charge on any atom is 0.325 e. The van der Waals surface area contributed by atoms with Gasteiger partial charge in [-0.15, -0.1) is 0 Å². The first kappa shape index (κ1) is 21.0. The van der Waals surface area contributed by atoms with Gasteiger partial charge in [-0.05, 0) is 43.5 Å². The summed E-state index contributed by atoms with van der Waals surface area (Å²) < 4.78 is 13.3. The molecule has 2 saturated heterocycles. The Labute approximate surface area is 179 Å². The van der Waals surface area contributed by atoms with Gasteiger partial charge in [-0.25, -0.2) is 9.18 Å². The number of benzene rings is 2. The Morgan fingerprint density at radius 3 is 2.45 bits per heavy atom. The molecule has 3 atom stereocenters. The zero-order valence-corrected chi connectivity index (χ0v) is 17.3. The van der Waals surface area contributed by atoms with Gasteiger partial charge < -0.3 is 15.3 Å². The van der Waals surface area contributed by atoms with Crippen molar-refractivity contribution in [3.05, 3.63) is 71.0 Å². The maximum absolute atomic E-state index is 13.3. The van der Waals surface area contributed by atoms with Crippen LogP contribution in [0.15, 0.2) is 48.5 Å². The molecule has 2 fully saturated rings. The number of hydrogen-bond donors (Lipinski definition) is 2. The third kappa shape index (κ3) is 3.79. The zero-order valence-electron chi connectivity index (χ0n) is 17.3. The molecule has 2 aromatic rings. The molecule has 0 aromatic heterocycles. The number of imide groups is 1. The highest BCUT2D eigenvalue weighted by Crippen LogP contribution is 2.33. The van der Waals surface area contributed by atoms with Crippen LogP contribution in [-0.4, -0.2) is 51.9 Å². The summed E-state index contributed by atoms with van der Waals surface area (Å²) in [6, 6.07) is 11.9. The highest BCUT2D eigenvalue weighted by Gasteiger charge is 2.50. The molecule has 2 aliphatic heterocycles. The zero-order chi connectivity index (χ0) is 22.3. The van der Waals surface area contributed by atoms with E-state index in [0.717, 1.165) is 10.5 Å². The molecule has 162 valence electrons. The van der Waals surface area contributed by atoms with Gasteiger partial charge in [0.25, 0.3) is 5.91 Å². The lowest BCUT2D eigenvalue weighted by atomic mass is 9.91. The van der Waals surface area contributed by atoms with Crippen LogP contribution >= 0.6 is 0 Å². The number of carbonyl (C=O) groups is 3. The summed E-state index contributed by atoms with van der Waals surface area (Å²) in [6.45, 7) is 3.19. The molecule has 3 unspecified atom stereocenters. The molecular formula is C23H24FN3O4. The molecule has 2 N–H and O–H groups in total. The van der Waals surface area contributed by atoms with Gasteiger partial charge in [-0.3, -0.25) is 14.5 Å². The molecule has 4 rings (SSSR count). The highest BCUT2D eigenvalue weighted by atomic mass is 19.1. The van der Waals surface area contributed by atoms with Crippen molar-refractivity contribution >= 4 is 17.8 Å². The van der Waals surface area contributed by atoms with Crippen LogP contribution in [-0.2, 0) is 15.1 Å². The van der Waals surface area contributed by atoms with Gasteiger partial charge in [0, 0.05) is 6.54 Å². The summed E-state index contributed by atoms with van der Waals surface area (Å²) in [5.74, 6) is -1.36. The Kier molecular flexibility index (Phi) is 5.26. The summed E-state index contributed by atoms with van der Waals surface area (Å²) in [7, 11) is 0.